The summed E-state index contributed by atoms with van der Waals surface area (Å²) in [7, 11) is -3.82. The van der Waals surface area contributed by atoms with Crippen LogP contribution in [-0.4, -0.2) is 58.4 Å². The first-order chi connectivity index (χ1) is 21.2. The number of phenolic OH excluding ortho intramolecular Hbond substituents is 1. The zero-order chi connectivity index (χ0) is 31.3. The van der Waals surface area contributed by atoms with Gasteiger partial charge in [-0.15, -0.1) is 0 Å². The SMILES string of the molecule is CCN(c1ccc(Cl)cc1)S(=O)(=O)C1CC2OC1C(c1ccc(NC(=O)CCCCC[Se]C#N)cc1)=C2c1ccc(O)cc1. The van der Waals surface area contributed by atoms with Crippen molar-refractivity contribution in [2.24, 2.45) is 0 Å². The quantitative estimate of drug-likeness (QED) is 0.156. The Hall–Kier alpha value is -3.32. The maximum Gasteiger partial charge on any atom is 0.115 e. The molecule has 11 heteroatoms. The Morgan fingerprint density at radius 2 is 1.68 bits per heavy atom. The molecule has 2 bridgehead atoms. The first kappa shape index (κ1) is 32.1. The largest absolute Gasteiger partial charge is 0.508 e. The zero-order valence-corrected chi connectivity index (χ0v) is 27.6. The van der Waals surface area contributed by atoms with Crippen molar-refractivity contribution in [3.8, 4) is 10.7 Å². The number of rotatable bonds is 13. The molecule has 44 heavy (non-hydrogen) atoms. The number of sulfonamides is 1. The van der Waals surface area contributed by atoms with Gasteiger partial charge in [0.25, 0.3) is 0 Å². The number of fused-ring (bicyclic) bond motifs is 2. The van der Waals surface area contributed by atoms with Gasteiger partial charge in [0, 0.05) is 11.6 Å². The van der Waals surface area contributed by atoms with E-state index in [0.29, 0.717) is 29.2 Å². The third-order valence-electron chi connectivity index (χ3n) is 7.96. The van der Waals surface area contributed by atoms with Gasteiger partial charge >= 0.3 is 113 Å². The number of benzene rings is 3. The normalized spacial score (nSPS) is 19.2. The van der Waals surface area contributed by atoms with Crippen molar-refractivity contribution in [1.29, 1.82) is 5.26 Å². The van der Waals surface area contributed by atoms with Crippen LogP contribution < -0.4 is 9.62 Å². The third-order valence-corrected chi connectivity index (χ3v) is 11.8. The number of halogens is 1. The summed E-state index contributed by atoms with van der Waals surface area (Å²) in [5.74, 6) is 0.0777. The number of carbonyl (C=O) groups is 1. The van der Waals surface area contributed by atoms with Crippen LogP contribution in [0, 0.1) is 10.2 Å². The van der Waals surface area contributed by atoms with E-state index in [-0.39, 0.29) is 33.2 Å². The third kappa shape index (κ3) is 6.98. The van der Waals surface area contributed by atoms with Crippen LogP contribution >= 0.6 is 11.6 Å². The number of hydrogen-bond donors (Lipinski definition) is 2. The van der Waals surface area contributed by atoms with E-state index in [0.717, 1.165) is 46.9 Å². The number of anilines is 2. The Balaban J connectivity index is 1.40. The number of unbranched alkanes of at least 4 members (excludes halogenated alkanes) is 2. The van der Waals surface area contributed by atoms with E-state index in [1.807, 2.05) is 36.4 Å². The van der Waals surface area contributed by atoms with Crippen molar-refractivity contribution in [3.05, 3.63) is 88.9 Å². The molecule has 5 rings (SSSR count). The average molecular weight is 699 g/mol. The second kappa shape index (κ2) is 14.2. The van der Waals surface area contributed by atoms with E-state index in [1.54, 1.807) is 43.3 Å². The van der Waals surface area contributed by atoms with E-state index >= 15 is 0 Å². The predicted octanol–water partition coefficient (Wildman–Crippen LogP) is 6.45. The summed E-state index contributed by atoms with van der Waals surface area (Å²) in [5.41, 5.74) is 4.58. The van der Waals surface area contributed by atoms with Gasteiger partial charge in [-0.05, 0) is 60.9 Å². The maximum atomic E-state index is 14.1. The molecule has 1 fully saturated rings. The van der Waals surface area contributed by atoms with Crippen LogP contribution in [0.15, 0.2) is 72.8 Å². The van der Waals surface area contributed by atoms with Crippen LogP contribution in [0.5, 0.6) is 5.75 Å². The summed E-state index contributed by atoms with van der Waals surface area (Å²) >= 11 is 6.09. The zero-order valence-electron chi connectivity index (χ0n) is 24.3. The summed E-state index contributed by atoms with van der Waals surface area (Å²) in [5, 5.41) is 22.2. The van der Waals surface area contributed by atoms with Gasteiger partial charge in [-0.2, -0.15) is 0 Å². The van der Waals surface area contributed by atoms with Gasteiger partial charge in [-0.25, -0.2) is 8.42 Å². The second-order valence-corrected chi connectivity index (χ2v) is 15.1. The minimum atomic E-state index is -3.82. The molecule has 2 aliphatic heterocycles. The Labute approximate surface area is 269 Å². The molecule has 0 radical (unpaired) electrons. The van der Waals surface area contributed by atoms with Crippen LogP contribution in [0.25, 0.3) is 11.1 Å². The van der Waals surface area contributed by atoms with Crippen molar-refractivity contribution < 1.29 is 23.1 Å². The van der Waals surface area contributed by atoms with Crippen molar-refractivity contribution >= 4 is 65.0 Å². The monoisotopic (exact) mass is 699 g/mol. The van der Waals surface area contributed by atoms with Crippen molar-refractivity contribution in [2.45, 2.75) is 61.8 Å². The minimum Gasteiger partial charge on any atom is -0.508 e. The first-order valence-electron chi connectivity index (χ1n) is 14.6. The van der Waals surface area contributed by atoms with E-state index in [1.165, 1.54) is 4.31 Å². The number of hydrogen-bond acceptors (Lipinski definition) is 6. The molecule has 8 nitrogen and oxygen atoms in total. The first-order valence-corrected chi connectivity index (χ1v) is 18.5. The van der Waals surface area contributed by atoms with Crippen LogP contribution in [-0.2, 0) is 19.6 Å². The van der Waals surface area contributed by atoms with E-state index in [9.17, 15) is 18.3 Å². The molecular weight excluding hydrogens is 665 g/mol. The van der Waals surface area contributed by atoms with Crippen molar-refractivity contribution in [1.82, 2.24) is 0 Å². The van der Waals surface area contributed by atoms with Crippen LogP contribution in [0.1, 0.15) is 50.2 Å². The summed E-state index contributed by atoms with van der Waals surface area (Å²) in [6.45, 7) is 2.07. The van der Waals surface area contributed by atoms with Crippen LogP contribution in [0.3, 0.4) is 0 Å². The number of nitriles is 1. The van der Waals surface area contributed by atoms with Gasteiger partial charge in [0.1, 0.15) is 17.1 Å². The molecule has 0 saturated carbocycles. The van der Waals surface area contributed by atoms with Gasteiger partial charge in [-0.3, -0.25) is 4.31 Å². The number of amides is 1. The summed E-state index contributed by atoms with van der Waals surface area (Å²) in [6.07, 6.45) is 2.25. The Morgan fingerprint density at radius 3 is 2.34 bits per heavy atom. The van der Waals surface area contributed by atoms with Crippen molar-refractivity contribution in [3.63, 3.8) is 0 Å². The molecule has 0 aromatic heterocycles. The number of nitrogens with zero attached hydrogens (tertiary/aromatic N) is 2. The summed E-state index contributed by atoms with van der Waals surface area (Å²) in [6, 6.07) is 21.1. The topological polar surface area (TPSA) is 120 Å². The van der Waals surface area contributed by atoms with Gasteiger partial charge in [0.15, 0.2) is 0 Å². The van der Waals surface area contributed by atoms with Gasteiger partial charge in [-0.1, -0.05) is 23.7 Å². The number of phenols is 1. The number of aromatic hydroxyl groups is 1. The average Bonchev–Trinajstić information content (AvgIpc) is 3.61. The summed E-state index contributed by atoms with van der Waals surface area (Å²) < 4.78 is 36.1. The van der Waals surface area contributed by atoms with Gasteiger partial charge < -0.3 is 9.84 Å². The molecule has 1 amide bonds. The van der Waals surface area contributed by atoms with E-state index in [4.69, 9.17) is 21.6 Å². The molecule has 2 aliphatic rings. The Kier molecular flexibility index (Phi) is 10.3. The second-order valence-electron chi connectivity index (χ2n) is 10.8. The fraction of sp³-hybridized carbons (Fsp3) is 0.333. The maximum absolute atomic E-state index is 14.1. The molecule has 230 valence electrons. The minimum absolute atomic E-state index is 0.0295. The molecular formula is C33H34ClN3O5SSe. The molecule has 3 aromatic rings. The molecule has 2 heterocycles. The van der Waals surface area contributed by atoms with E-state index in [2.05, 4.69) is 10.3 Å². The number of nitrogens with one attached hydrogen (secondary N) is 1. The standard InChI is InChI=1S/C33H34ClN3O5SSe/c1-2-37(26-15-11-24(34)12-16-26)43(40,41)29-20-28-31(22-9-17-27(38)18-10-22)32(33(29)42-28)23-7-13-25(14-8-23)36-30(39)6-4-3-5-19-44-21-35/h7-18,28-29,33,38H,2-6,19-20H2,1H3,(H,36,39). The van der Waals surface area contributed by atoms with Gasteiger partial charge in [0.05, 0.1) is 11.8 Å². The molecule has 2 N–H and O–H groups in total. The fourth-order valence-electron chi connectivity index (χ4n) is 5.92. The van der Waals surface area contributed by atoms with Crippen LogP contribution in [0.4, 0.5) is 11.4 Å². The Bertz CT molecular complexity index is 1660. The van der Waals surface area contributed by atoms with Crippen LogP contribution in [0.2, 0.25) is 10.3 Å². The van der Waals surface area contributed by atoms with Gasteiger partial charge in [0.2, 0.25) is 10.0 Å². The number of ether oxygens (including phenoxy) is 1. The van der Waals surface area contributed by atoms with E-state index < -0.39 is 27.5 Å². The molecule has 0 aliphatic carbocycles. The fourth-order valence-corrected chi connectivity index (χ4v) is 9.00. The molecule has 3 atom stereocenters. The molecule has 0 spiro atoms. The Morgan fingerprint density at radius 1 is 1.02 bits per heavy atom. The summed E-state index contributed by atoms with van der Waals surface area (Å²) in [4.78, 5) is 14.7. The smallest absolute Gasteiger partial charge is 0.115 e. The molecule has 3 aromatic carbocycles. The number of carbonyl (C=O) groups excluding carboxylic acids is 1. The van der Waals surface area contributed by atoms with Crippen molar-refractivity contribution in [2.75, 3.05) is 16.2 Å². The molecule has 3 unspecified atom stereocenters. The predicted molar refractivity (Wildman–Crippen MR) is 175 cm³/mol. The molecule has 1 saturated heterocycles.